The first kappa shape index (κ1) is 10.5. The van der Waals surface area contributed by atoms with Crippen molar-refractivity contribution in [1.82, 2.24) is 20.2 Å². The number of benzene rings is 1. The van der Waals surface area contributed by atoms with E-state index in [1.807, 2.05) is 0 Å². The number of hydrogen-bond donors (Lipinski definition) is 1. The number of nitrogens with two attached hydrogens (primary N) is 1. The molecule has 6 nitrogen and oxygen atoms in total. The van der Waals surface area contributed by atoms with E-state index in [-0.39, 0.29) is 6.54 Å². The molecule has 0 amide bonds. The molecule has 0 aliphatic heterocycles. The lowest BCUT2D eigenvalue weighted by Crippen LogP contribution is -2.09. The first-order valence-electron chi connectivity index (χ1n) is 4.57. The number of methoxy groups -OCH3 is 1. The Morgan fingerprint density at radius 1 is 1.50 bits per heavy atom. The van der Waals surface area contributed by atoms with Crippen LogP contribution in [0.15, 0.2) is 18.2 Å². The fourth-order valence-corrected chi connectivity index (χ4v) is 1.35. The maximum absolute atomic E-state index is 13.1. The van der Waals surface area contributed by atoms with Gasteiger partial charge in [0.25, 0.3) is 0 Å². The van der Waals surface area contributed by atoms with Gasteiger partial charge in [-0.05, 0) is 22.6 Å². The van der Waals surface area contributed by atoms with Gasteiger partial charge in [-0.15, -0.1) is 5.10 Å². The molecule has 1 heterocycles. The molecule has 0 fully saturated rings. The maximum atomic E-state index is 13.1. The van der Waals surface area contributed by atoms with Crippen LogP contribution >= 0.6 is 0 Å². The summed E-state index contributed by atoms with van der Waals surface area (Å²) >= 11 is 0. The van der Waals surface area contributed by atoms with Crippen LogP contribution in [0, 0.1) is 5.82 Å². The van der Waals surface area contributed by atoms with Gasteiger partial charge in [-0.25, -0.2) is 4.39 Å². The number of hydrogen-bond acceptors (Lipinski definition) is 5. The Labute approximate surface area is 90.8 Å². The molecule has 0 aliphatic carbocycles. The molecular weight excluding hydrogens is 213 g/mol. The van der Waals surface area contributed by atoms with Crippen LogP contribution in [0.5, 0.6) is 5.75 Å². The Bertz CT molecular complexity index is 498. The largest absolute Gasteiger partial charge is 0.494 e. The van der Waals surface area contributed by atoms with Gasteiger partial charge in [0.15, 0.2) is 5.82 Å². The van der Waals surface area contributed by atoms with E-state index in [0.29, 0.717) is 17.3 Å². The molecule has 1 aromatic carbocycles. The summed E-state index contributed by atoms with van der Waals surface area (Å²) < 4.78 is 19.6. The fraction of sp³-hybridized carbons (Fsp3) is 0.222. The van der Waals surface area contributed by atoms with E-state index in [2.05, 4.69) is 15.5 Å². The summed E-state index contributed by atoms with van der Waals surface area (Å²) in [4.78, 5) is 0. The molecule has 0 atom stereocenters. The molecule has 0 spiro atoms. The Kier molecular flexibility index (Phi) is 2.78. The summed E-state index contributed by atoms with van der Waals surface area (Å²) in [5.74, 6) is 0.515. The molecule has 0 bridgehead atoms. The van der Waals surface area contributed by atoms with E-state index in [9.17, 15) is 4.39 Å². The second-order valence-electron chi connectivity index (χ2n) is 3.03. The van der Waals surface area contributed by atoms with Gasteiger partial charge in [-0.2, -0.15) is 4.68 Å². The second kappa shape index (κ2) is 4.23. The summed E-state index contributed by atoms with van der Waals surface area (Å²) in [6, 6.07) is 4.09. The van der Waals surface area contributed by atoms with Gasteiger partial charge < -0.3 is 10.5 Å². The van der Waals surface area contributed by atoms with Crippen LogP contribution in [0.1, 0.15) is 5.82 Å². The minimum Gasteiger partial charge on any atom is -0.494 e. The van der Waals surface area contributed by atoms with Gasteiger partial charge in [0.1, 0.15) is 17.3 Å². The number of tetrazole rings is 1. The van der Waals surface area contributed by atoms with Crippen molar-refractivity contribution >= 4 is 0 Å². The first-order chi connectivity index (χ1) is 7.76. The quantitative estimate of drug-likeness (QED) is 0.807. The molecule has 2 rings (SSSR count). The zero-order valence-electron chi connectivity index (χ0n) is 8.59. The number of rotatable bonds is 3. The van der Waals surface area contributed by atoms with E-state index >= 15 is 0 Å². The van der Waals surface area contributed by atoms with E-state index < -0.39 is 5.82 Å². The van der Waals surface area contributed by atoms with E-state index in [1.54, 1.807) is 0 Å². The maximum Gasteiger partial charge on any atom is 0.170 e. The molecule has 0 saturated carbocycles. The smallest absolute Gasteiger partial charge is 0.170 e. The zero-order chi connectivity index (χ0) is 11.5. The average molecular weight is 223 g/mol. The highest BCUT2D eigenvalue weighted by molar-refractivity contribution is 5.46. The molecular formula is C9H10FN5O. The van der Waals surface area contributed by atoms with Crippen molar-refractivity contribution in [2.75, 3.05) is 7.11 Å². The van der Waals surface area contributed by atoms with Gasteiger partial charge in [0.2, 0.25) is 0 Å². The van der Waals surface area contributed by atoms with Crippen molar-refractivity contribution in [3.8, 4) is 11.4 Å². The molecule has 16 heavy (non-hydrogen) atoms. The molecule has 1 aromatic heterocycles. The summed E-state index contributed by atoms with van der Waals surface area (Å²) in [6.07, 6.45) is 0. The summed E-state index contributed by atoms with van der Waals surface area (Å²) in [7, 11) is 1.49. The van der Waals surface area contributed by atoms with Crippen LogP contribution in [0.25, 0.3) is 5.69 Å². The summed E-state index contributed by atoms with van der Waals surface area (Å²) in [5.41, 5.74) is 5.89. The molecule has 2 aromatic rings. The second-order valence-corrected chi connectivity index (χ2v) is 3.03. The van der Waals surface area contributed by atoms with Gasteiger partial charge in [0, 0.05) is 6.07 Å². The predicted molar refractivity (Wildman–Crippen MR) is 53.6 cm³/mol. The Morgan fingerprint density at radius 3 is 3.00 bits per heavy atom. The highest BCUT2D eigenvalue weighted by atomic mass is 19.1. The lowest BCUT2D eigenvalue weighted by atomic mass is 10.3. The minimum atomic E-state index is -0.394. The van der Waals surface area contributed by atoms with Crippen molar-refractivity contribution < 1.29 is 9.13 Å². The van der Waals surface area contributed by atoms with Crippen LogP contribution in [-0.4, -0.2) is 27.3 Å². The SMILES string of the molecule is COc1ccc(F)cc1-n1nnnc1CN. The normalized spacial score (nSPS) is 10.4. The lowest BCUT2D eigenvalue weighted by Gasteiger charge is -2.08. The van der Waals surface area contributed by atoms with Crippen LogP contribution in [0.4, 0.5) is 4.39 Å². The predicted octanol–water partition coefficient (Wildman–Crippen LogP) is 0.269. The third kappa shape index (κ3) is 1.72. The van der Waals surface area contributed by atoms with Crippen LogP contribution in [0.2, 0.25) is 0 Å². The Balaban J connectivity index is 2.58. The van der Waals surface area contributed by atoms with E-state index in [1.165, 1.54) is 30.0 Å². The molecule has 0 aliphatic rings. The van der Waals surface area contributed by atoms with Crippen molar-refractivity contribution in [2.24, 2.45) is 5.73 Å². The third-order valence-electron chi connectivity index (χ3n) is 2.09. The van der Waals surface area contributed by atoms with Crippen molar-refractivity contribution in [2.45, 2.75) is 6.54 Å². The van der Waals surface area contributed by atoms with E-state index in [4.69, 9.17) is 10.5 Å². The summed E-state index contributed by atoms with van der Waals surface area (Å²) in [6.45, 7) is 0.159. The monoisotopic (exact) mass is 223 g/mol. The molecule has 0 radical (unpaired) electrons. The lowest BCUT2D eigenvalue weighted by molar-refractivity contribution is 0.409. The first-order valence-corrected chi connectivity index (χ1v) is 4.57. The zero-order valence-corrected chi connectivity index (χ0v) is 8.59. The molecule has 0 saturated heterocycles. The fourth-order valence-electron chi connectivity index (χ4n) is 1.35. The van der Waals surface area contributed by atoms with Crippen molar-refractivity contribution in [1.29, 1.82) is 0 Å². The van der Waals surface area contributed by atoms with Crippen LogP contribution in [0.3, 0.4) is 0 Å². The van der Waals surface area contributed by atoms with Gasteiger partial charge in [0.05, 0.1) is 13.7 Å². The molecule has 0 unspecified atom stereocenters. The molecule has 2 N–H and O–H groups in total. The minimum absolute atomic E-state index is 0.159. The number of ether oxygens (including phenoxy) is 1. The number of halogens is 1. The Morgan fingerprint density at radius 2 is 2.31 bits per heavy atom. The molecule has 84 valence electrons. The average Bonchev–Trinajstić information content (AvgIpc) is 2.76. The topological polar surface area (TPSA) is 78.8 Å². The van der Waals surface area contributed by atoms with E-state index in [0.717, 1.165) is 0 Å². The Hall–Kier alpha value is -2.02. The van der Waals surface area contributed by atoms with Crippen molar-refractivity contribution in [3.05, 3.63) is 29.8 Å². The van der Waals surface area contributed by atoms with Crippen LogP contribution < -0.4 is 10.5 Å². The third-order valence-corrected chi connectivity index (χ3v) is 2.09. The van der Waals surface area contributed by atoms with Gasteiger partial charge in [-0.1, -0.05) is 0 Å². The van der Waals surface area contributed by atoms with Gasteiger partial charge >= 0.3 is 0 Å². The highest BCUT2D eigenvalue weighted by Gasteiger charge is 2.12. The highest BCUT2D eigenvalue weighted by Crippen LogP contribution is 2.23. The standard InChI is InChI=1S/C9H10FN5O/c1-16-8-3-2-6(10)4-7(8)15-9(5-11)12-13-14-15/h2-4H,5,11H2,1H3. The van der Waals surface area contributed by atoms with Gasteiger partial charge in [-0.3, -0.25) is 0 Å². The number of aromatic nitrogens is 4. The summed E-state index contributed by atoms with van der Waals surface area (Å²) in [5, 5.41) is 10.9. The number of nitrogens with zero attached hydrogens (tertiary/aromatic N) is 4. The molecule has 7 heteroatoms. The van der Waals surface area contributed by atoms with Crippen molar-refractivity contribution in [3.63, 3.8) is 0 Å². The van der Waals surface area contributed by atoms with Crippen LogP contribution in [-0.2, 0) is 6.54 Å².